The Labute approximate surface area is 130 Å². The van der Waals surface area contributed by atoms with Crippen LogP contribution in [0.2, 0.25) is 5.02 Å². The lowest BCUT2D eigenvalue weighted by Crippen LogP contribution is -2.48. The summed E-state index contributed by atoms with van der Waals surface area (Å²) in [6.07, 6.45) is 6.39. The Morgan fingerprint density at radius 3 is 2.86 bits per heavy atom. The SMILES string of the molecule is CC1(C)C2CC=C(C=NNC(=O)c3ccccc3Cl)C1C2. The molecule has 1 amide bonds. The average Bonchev–Trinajstić information content (AvgIpc) is 2.47. The Balaban J connectivity index is 1.65. The molecule has 0 saturated heterocycles. The third-order valence-electron chi connectivity index (χ3n) is 5.01. The summed E-state index contributed by atoms with van der Waals surface area (Å²) in [5.74, 6) is 1.09. The molecule has 3 aliphatic rings. The van der Waals surface area contributed by atoms with E-state index >= 15 is 0 Å². The lowest BCUT2D eigenvalue weighted by Gasteiger charge is -2.55. The first kappa shape index (κ1) is 14.3. The largest absolute Gasteiger partial charge is 0.272 e. The van der Waals surface area contributed by atoms with Crippen LogP contribution in [0.5, 0.6) is 0 Å². The first-order valence-corrected chi connectivity index (χ1v) is 7.66. The van der Waals surface area contributed by atoms with E-state index in [9.17, 15) is 4.79 Å². The zero-order valence-corrected chi connectivity index (χ0v) is 13.0. The summed E-state index contributed by atoms with van der Waals surface area (Å²) < 4.78 is 0. The zero-order valence-electron chi connectivity index (χ0n) is 12.3. The standard InChI is InChI=1S/C17H19ClN2O/c1-17(2)12-8-7-11(14(17)9-12)10-19-20-16(21)13-5-3-4-6-15(13)18/h3-7,10,12,14H,8-9H2,1-2H3,(H,20,21). The van der Waals surface area contributed by atoms with Crippen LogP contribution in [-0.4, -0.2) is 12.1 Å². The Kier molecular flexibility index (Phi) is 3.62. The van der Waals surface area contributed by atoms with E-state index < -0.39 is 0 Å². The molecular weight excluding hydrogens is 284 g/mol. The summed E-state index contributed by atoms with van der Waals surface area (Å²) in [6.45, 7) is 4.63. The van der Waals surface area contributed by atoms with E-state index in [1.165, 1.54) is 12.0 Å². The number of carbonyl (C=O) groups is 1. The summed E-state index contributed by atoms with van der Waals surface area (Å²) >= 11 is 5.99. The molecule has 1 aromatic carbocycles. The van der Waals surface area contributed by atoms with Gasteiger partial charge in [0.1, 0.15) is 0 Å². The van der Waals surface area contributed by atoms with Crippen LogP contribution >= 0.6 is 11.6 Å². The average molecular weight is 303 g/mol. The number of amides is 1. The van der Waals surface area contributed by atoms with Gasteiger partial charge in [0.05, 0.1) is 16.8 Å². The molecule has 110 valence electrons. The van der Waals surface area contributed by atoms with E-state index in [0.29, 0.717) is 21.9 Å². The Morgan fingerprint density at radius 1 is 1.43 bits per heavy atom. The number of nitrogens with one attached hydrogen (secondary N) is 1. The summed E-state index contributed by atoms with van der Waals surface area (Å²) in [7, 11) is 0. The molecule has 0 spiro atoms. The number of carbonyl (C=O) groups excluding carboxylic acids is 1. The molecule has 1 N–H and O–H groups in total. The van der Waals surface area contributed by atoms with Gasteiger partial charge in [-0.15, -0.1) is 0 Å². The molecule has 4 rings (SSSR count). The minimum Gasteiger partial charge on any atom is -0.267 e. The van der Waals surface area contributed by atoms with Crippen molar-refractivity contribution in [2.24, 2.45) is 22.4 Å². The molecule has 0 radical (unpaired) electrons. The van der Waals surface area contributed by atoms with Gasteiger partial charge in [0.15, 0.2) is 0 Å². The first-order chi connectivity index (χ1) is 10.00. The van der Waals surface area contributed by atoms with Gasteiger partial charge in [0.2, 0.25) is 0 Å². The third kappa shape index (κ3) is 2.51. The quantitative estimate of drug-likeness (QED) is 0.664. The molecule has 4 heteroatoms. The van der Waals surface area contributed by atoms with Crippen LogP contribution in [-0.2, 0) is 0 Å². The topological polar surface area (TPSA) is 41.5 Å². The van der Waals surface area contributed by atoms with E-state index in [4.69, 9.17) is 11.6 Å². The van der Waals surface area contributed by atoms with Gasteiger partial charge < -0.3 is 0 Å². The lowest BCUT2D eigenvalue weighted by atomic mass is 9.49. The summed E-state index contributed by atoms with van der Waals surface area (Å²) in [6, 6.07) is 6.96. The van der Waals surface area contributed by atoms with Crippen molar-refractivity contribution < 1.29 is 4.79 Å². The maximum absolute atomic E-state index is 12.0. The number of hydrazone groups is 1. The molecule has 0 heterocycles. The van der Waals surface area contributed by atoms with Gasteiger partial charge in [-0.05, 0) is 47.8 Å². The minimum atomic E-state index is -0.279. The number of nitrogens with zero attached hydrogens (tertiary/aromatic N) is 1. The zero-order chi connectivity index (χ0) is 15.0. The van der Waals surface area contributed by atoms with Crippen LogP contribution in [0.15, 0.2) is 41.0 Å². The second-order valence-corrected chi connectivity index (χ2v) is 6.83. The highest BCUT2D eigenvalue weighted by Crippen LogP contribution is 2.58. The predicted octanol–water partition coefficient (Wildman–Crippen LogP) is 4.05. The molecule has 21 heavy (non-hydrogen) atoms. The molecular formula is C17H19ClN2O. The molecule has 1 aromatic rings. The van der Waals surface area contributed by atoms with Crippen LogP contribution in [0.25, 0.3) is 0 Å². The van der Waals surface area contributed by atoms with Gasteiger partial charge in [0, 0.05) is 0 Å². The molecule has 3 nitrogen and oxygen atoms in total. The van der Waals surface area contributed by atoms with Crippen molar-refractivity contribution in [3.63, 3.8) is 0 Å². The van der Waals surface area contributed by atoms with Gasteiger partial charge in [-0.25, -0.2) is 5.43 Å². The van der Waals surface area contributed by atoms with Gasteiger partial charge in [-0.1, -0.05) is 43.7 Å². The van der Waals surface area contributed by atoms with Crippen molar-refractivity contribution in [1.29, 1.82) is 0 Å². The van der Waals surface area contributed by atoms with Gasteiger partial charge in [-0.2, -0.15) is 5.10 Å². The summed E-state index contributed by atoms with van der Waals surface area (Å²) in [5.41, 5.74) is 4.60. The fraction of sp³-hybridized carbons (Fsp3) is 0.412. The van der Waals surface area contributed by atoms with Gasteiger partial charge >= 0.3 is 0 Å². The number of benzene rings is 1. The molecule has 2 atom stereocenters. The fourth-order valence-electron chi connectivity index (χ4n) is 3.42. The molecule has 0 aliphatic heterocycles. The molecule has 1 saturated carbocycles. The van der Waals surface area contributed by atoms with Crippen molar-refractivity contribution in [2.75, 3.05) is 0 Å². The maximum Gasteiger partial charge on any atom is 0.272 e. The highest BCUT2D eigenvalue weighted by molar-refractivity contribution is 6.33. The number of hydrogen-bond acceptors (Lipinski definition) is 2. The predicted molar refractivity (Wildman–Crippen MR) is 85.5 cm³/mol. The van der Waals surface area contributed by atoms with Crippen molar-refractivity contribution >= 4 is 23.7 Å². The molecule has 3 aliphatic carbocycles. The van der Waals surface area contributed by atoms with Crippen LogP contribution in [0.3, 0.4) is 0 Å². The summed E-state index contributed by atoms with van der Waals surface area (Å²) in [5, 5.41) is 4.54. The number of rotatable bonds is 3. The van der Waals surface area contributed by atoms with Crippen LogP contribution in [0.1, 0.15) is 37.0 Å². The molecule has 0 aromatic heterocycles. The summed E-state index contributed by atoms with van der Waals surface area (Å²) in [4.78, 5) is 12.0. The van der Waals surface area contributed by atoms with Crippen molar-refractivity contribution in [2.45, 2.75) is 26.7 Å². The Morgan fingerprint density at radius 2 is 2.19 bits per heavy atom. The lowest BCUT2D eigenvalue weighted by molar-refractivity contribution is -0.00126. The van der Waals surface area contributed by atoms with Crippen molar-refractivity contribution in [1.82, 2.24) is 5.43 Å². The van der Waals surface area contributed by atoms with E-state index in [1.54, 1.807) is 30.5 Å². The number of allylic oxidation sites excluding steroid dienone is 2. The molecule has 1 fully saturated rings. The number of hydrogen-bond donors (Lipinski definition) is 1. The van der Waals surface area contributed by atoms with E-state index in [0.717, 1.165) is 12.3 Å². The van der Waals surface area contributed by atoms with Gasteiger partial charge in [0.25, 0.3) is 5.91 Å². The Bertz CT molecular complexity index is 633. The Hall–Kier alpha value is -1.61. The molecule has 2 unspecified atom stereocenters. The van der Waals surface area contributed by atoms with Crippen LogP contribution in [0.4, 0.5) is 0 Å². The molecule has 2 bridgehead atoms. The number of halogens is 1. The van der Waals surface area contributed by atoms with Crippen molar-refractivity contribution in [3.05, 3.63) is 46.5 Å². The second-order valence-electron chi connectivity index (χ2n) is 6.43. The smallest absolute Gasteiger partial charge is 0.267 e. The monoisotopic (exact) mass is 302 g/mol. The highest BCUT2D eigenvalue weighted by Gasteiger charge is 2.50. The fourth-order valence-corrected chi connectivity index (χ4v) is 3.64. The van der Waals surface area contributed by atoms with Crippen molar-refractivity contribution in [3.8, 4) is 0 Å². The normalized spacial score (nSPS) is 26.1. The van der Waals surface area contributed by atoms with E-state index in [1.807, 2.05) is 0 Å². The number of fused-ring (bicyclic) bond motifs is 1. The van der Waals surface area contributed by atoms with Gasteiger partial charge in [-0.3, -0.25) is 4.79 Å². The first-order valence-electron chi connectivity index (χ1n) is 7.28. The highest BCUT2D eigenvalue weighted by atomic mass is 35.5. The second kappa shape index (κ2) is 5.30. The minimum absolute atomic E-state index is 0.279. The van der Waals surface area contributed by atoms with Crippen LogP contribution in [0, 0.1) is 17.3 Å². The maximum atomic E-state index is 12.0. The third-order valence-corrected chi connectivity index (χ3v) is 5.34. The van der Waals surface area contributed by atoms with E-state index in [2.05, 4.69) is 30.5 Å². The van der Waals surface area contributed by atoms with Crippen LogP contribution < -0.4 is 5.43 Å². The van der Waals surface area contributed by atoms with E-state index in [-0.39, 0.29) is 5.91 Å².